The highest BCUT2D eigenvalue weighted by Gasteiger charge is 2.25. The van der Waals surface area contributed by atoms with Gasteiger partial charge >= 0.3 is 0 Å². The minimum absolute atomic E-state index is 0.00855. The second-order valence-corrected chi connectivity index (χ2v) is 7.63. The number of ether oxygens (including phenoxy) is 1. The molecule has 2 aromatic rings. The Morgan fingerprint density at radius 1 is 1.16 bits per heavy atom. The molecule has 0 aliphatic carbocycles. The first kappa shape index (κ1) is 19.5. The third-order valence-electron chi connectivity index (χ3n) is 3.27. The van der Waals surface area contributed by atoms with E-state index in [-0.39, 0.29) is 14.9 Å². The second-order valence-electron chi connectivity index (χ2n) is 5.11. The van der Waals surface area contributed by atoms with E-state index < -0.39 is 22.0 Å². The fourth-order valence-corrected chi connectivity index (χ4v) is 3.99. The highest BCUT2D eigenvalue weighted by Crippen LogP contribution is 2.26. The van der Waals surface area contributed by atoms with Crippen LogP contribution in [-0.4, -0.2) is 27.5 Å². The van der Waals surface area contributed by atoms with Crippen molar-refractivity contribution in [2.45, 2.75) is 17.9 Å². The van der Waals surface area contributed by atoms with Gasteiger partial charge in [-0.3, -0.25) is 4.79 Å². The molecule has 25 heavy (non-hydrogen) atoms. The molecule has 0 fully saturated rings. The van der Waals surface area contributed by atoms with Crippen molar-refractivity contribution in [2.24, 2.45) is 0 Å². The van der Waals surface area contributed by atoms with Gasteiger partial charge in [0.25, 0.3) is 0 Å². The average Bonchev–Trinajstić information content (AvgIpc) is 2.57. The van der Waals surface area contributed by atoms with E-state index in [4.69, 9.17) is 27.9 Å². The molecule has 0 saturated heterocycles. The zero-order chi connectivity index (χ0) is 18.6. The van der Waals surface area contributed by atoms with Gasteiger partial charge < -0.3 is 10.1 Å². The number of carbonyl (C=O) groups excluding carboxylic acids is 1. The molecule has 6 nitrogen and oxygen atoms in total. The fraction of sp³-hybridized carbons (Fsp3) is 0.188. The van der Waals surface area contributed by atoms with E-state index in [1.54, 1.807) is 24.3 Å². The normalized spacial score (nSPS) is 12.5. The van der Waals surface area contributed by atoms with E-state index in [1.165, 1.54) is 32.2 Å². The minimum atomic E-state index is -4.02. The molecule has 2 N–H and O–H groups in total. The van der Waals surface area contributed by atoms with Gasteiger partial charge in [0, 0.05) is 5.02 Å². The number of carbonyl (C=O) groups is 1. The lowest BCUT2D eigenvalue weighted by atomic mass is 10.2. The van der Waals surface area contributed by atoms with E-state index >= 15 is 0 Å². The van der Waals surface area contributed by atoms with E-state index in [1.807, 2.05) is 0 Å². The summed E-state index contributed by atoms with van der Waals surface area (Å²) in [6.45, 7) is 1.42. The number of halogens is 2. The monoisotopic (exact) mass is 402 g/mol. The summed E-state index contributed by atoms with van der Waals surface area (Å²) in [4.78, 5) is 12.1. The van der Waals surface area contributed by atoms with Gasteiger partial charge in [-0.15, -0.1) is 0 Å². The quantitative estimate of drug-likeness (QED) is 0.775. The Bertz CT molecular complexity index is 887. The summed E-state index contributed by atoms with van der Waals surface area (Å²) >= 11 is 11.7. The number of anilines is 1. The molecule has 134 valence electrons. The maximum absolute atomic E-state index is 12.4. The number of amides is 1. The van der Waals surface area contributed by atoms with Crippen molar-refractivity contribution in [2.75, 3.05) is 12.4 Å². The maximum atomic E-state index is 12.4. The van der Waals surface area contributed by atoms with Gasteiger partial charge in [-0.2, -0.15) is 4.72 Å². The highest BCUT2D eigenvalue weighted by molar-refractivity contribution is 7.89. The molecule has 0 aliphatic rings. The third-order valence-corrected chi connectivity index (χ3v) is 5.53. The van der Waals surface area contributed by atoms with Crippen LogP contribution in [0.4, 0.5) is 5.69 Å². The van der Waals surface area contributed by atoms with Gasteiger partial charge in [0.15, 0.2) is 0 Å². The Kier molecular flexibility index (Phi) is 6.29. The summed E-state index contributed by atoms with van der Waals surface area (Å²) in [6, 6.07) is 9.81. The average molecular weight is 403 g/mol. The number of methoxy groups -OCH3 is 1. The Morgan fingerprint density at radius 2 is 1.84 bits per heavy atom. The molecule has 0 spiro atoms. The van der Waals surface area contributed by atoms with Crippen LogP contribution in [0.5, 0.6) is 5.75 Å². The molecule has 0 saturated carbocycles. The highest BCUT2D eigenvalue weighted by atomic mass is 35.5. The zero-order valence-electron chi connectivity index (χ0n) is 13.4. The Balaban J connectivity index is 2.16. The molecule has 1 atom stereocenters. The summed E-state index contributed by atoms with van der Waals surface area (Å²) in [7, 11) is -2.55. The number of nitrogens with one attached hydrogen (secondary N) is 2. The Hall–Kier alpha value is -1.80. The zero-order valence-corrected chi connectivity index (χ0v) is 15.7. The van der Waals surface area contributed by atoms with Gasteiger partial charge in [0.2, 0.25) is 15.9 Å². The molecule has 0 aliphatic heterocycles. The lowest BCUT2D eigenvalue weighted by molar-refractivity contribution is -0.117. The van der Waals surface area contributed by atoms with Crippen LogP contribution in [0.1, 0.15) is 6.92 Å². The molecule has 0 heterocycles. The van der Waals surface area contributed by atoms with Crippen molar-refractivity contribution in [1.29, 1.82) is 0 Å². The van der Waals surface area contributed by atoms with Crippen LogP contribution in [0.2, 0.25) is 10.0 Å². The van der Waals surface area contributed by atoms with Crippen LogP contribution in [0, 0.1) is 0 Å². The standard InChI is InChI=1S/C16H16Cl2N2O4S/c1-10(16(21)19-13-5-3-4-6-14(13)24-2)20-25(22,23)15-9-11(17)7-8-12(15)18/h3-10,20H,1-2H3,(H,19,21)/t10-/m1/s1. The van der Waals surface area contributed by atoms with E-state index in [2.05, 4.69) is 10.0 Å². The predicted molar refractivity (Wildman–Crippen MR) is 97.9 cm³/mol. The molecular formula is C16H16Cl2N2O4S. The van der Waals surface area contributed by atoms with Crippen LogP contribution < -0.4 is 14.8 Å². The lowest BCUT2D eigenvalue weighted by Crippen LogP contribution is -2.41. The number of sulfonamides is 1. The molecule has 0 unspecified atom stereocenters. The first-order valence-corrected chi connectivity index (χ1v) is 9.40. The van der Waals surface area contributed by atoms with Crippen LogP contribution in [-0.2, 0) is 14.8 Å². The van der Waals surface area contributed by atoms with Crippen LogP contribution >= 0.6 is 23.2 Å². The molecule has 0 radical (unpaired) electrons. The van der Waals surface area contributed by atoms with Gasteiger partial charge in [-0.1, -0.05) is 35.3 Å². The van der Waals surface area contributed by atoms with Crippen molar-refractivity contribution >= 4 is 44.8 Å². The van der Waals surface area contributed by atoms with Gasteiger partial charge in [-0.25, -0.2) is 8.42 Å². The van der Waals surface area contributed by atoms with Crippen molar-refractivity contribution in [3.8, 4) is 5.75 Å². The van der Waals surface area contributed by atoms with E-state index in [0.717, 1.165) is 0 Å². The van der Waals surface area contributed by atoms with Crippen LogP contribution in [0.15, 0.2) is 47.4 Å². The van der Waals surface area contributed by atoms with Crippen LogP contribution in [0.3, 0.4) is 0 Å². The minimum Gasteiger partial charge on any atom is -0.495 e. The number of hydrogen-bond donors (Lipinski definition) is 2. The molecule has 2 rings (SSSR count). The lowest BCUT2D eigenvalue weighted by Gasteiger charge is -2.16. The second kappa shape index (κ2) is 8.05. The Morgan fingerprint density at radius 3 is 2.52 bits per heavy atom. The summed E-state index contributed by atoms with van der Waals surface area (Å²) in [5, 5.41) is 2.84. The number of rotatable bonds is 6. The summed E-state index contributed by atoms with van der Waals surface area (Å²) in [6.07, 6.45) is 0. The van der Waals surface area contributed by atoms with E-state index in [9.17, 15) is 13.2 Å². The first-order chi connectivity index (χ1) is 11.7. The van der Waals surface area contributed by atoms with Gasteiger partial charge in [0.1, 0.15) is 10.6 Å². The van der Waals surface area contributed by atoms with Crippen molar-refractivity contribution in [3.63, 3.8) is 0 Å². The van der Waals surface area contributed by atoms with Gasteiger partial charge in [-0.05, 0) is 37.3 Å². The summed E-state index contributed by atoms with van der Waals surface area (Å²) < 4.78 is 32.3. The van der Waals surface area contributed by atoms with E-state index in [0.29, 0.717) is 11.4 Å². The number of hydrogen-bond acceptors (Lipinski definition) is 4. The van der Waals surface area contributed by atoms with Crippen molar-refractivity contribution in [3.05, 3.63) is 52.5 Å². The number of benzene rings is 2. The fourth-order valence-electron chi connectivity index (χ4n) is 2.02. The maximum Gasteiger partial charge on any atom is 0.242 e. The summed E-state index contributed by atoms with van der Waals surface area (Å²) in [5.74, 6) is -0.0879. The van der Waals surface area contributed by atoms with Gasteiger partial charge in [0.05, 0.1) is 23.9 Å². The van der Waals surface area contributed by atoms with Crippen molar-refractivity contribution in [1.82, 2.24) is 4.72 Å². The SMILES string of the molecule is COc1ccccc1NC(=O)[C@@H](C)NS(=O)(=O)c1cc(Cl)ccc1Cl. The molecule has 0 bridgehead atoms. The van der Waals surface area contributed by atoms with Crippen molar-refractivity contribution < 1.29 is 17.9 Å². The summed E-state index contributed by atoms with van der Waals surface area (Å²) in [5.41, 5.74) is 0.432. The first-order valence-electron chi connectivity index (χ1n) is 7.16. The topological polar surface area (TPSA) is 84.5 Å². The molecule has 9 heteroatoms. The number of para-hydroxylation sites is 2. The molecule has 2 aromatic carbocycles. The third kappa shape index (κ3) is 4.85. The smallest absolute Gasteiger partial charge is 0.242 e. The Labute approximate surface area is 156 Å². The largest absolute Gasteiger partial charge is 0.495 e. The predicted octanol–water partition coefficient (Wildman–Crippen LogP) is 3.31. The molecular weight excluding hydrogens is 387 g/mol. The molecule has 1 amide bonds. The van der Waals surface area contributed by atoms with Crippen LogP contribution in [0.25, 0.3) is 0 Å². The molecule has 0 aromatic heterocycles.